The number of alkyl halides is 2. The molecule has 0 aliphatic rings. The maximum atomic E-state index is 3.93. The normalized spacial score (nSPS) is 14.5. The van der Waals surface area contributed by atoms with E-state index in [0.717, 1.165) is 16.1 Å². The summed E-state index contributed by atoms with van der Waals surface area (Å²) in [5.74, 6) is 0.827. The summed E-state index contributed by atoms with van der Waals surface area (Å²) < 4.78 is 0. The van der Waals surface area contributed by atoms with E-state index in [4.69, 9.17) is 0 Å². The van der Waals surface area contributed by atoms with Crippen LogP contribution in [-0.2, 0) is 0 Å². The highest BCUT2D eigenvalue weighted by molar-refractivity contribution is 9.10. The van der Waals surface area contributed by atoms with Gasteiger partial charge in [0.15, 0.2) is 0 Å². The van der Waals surface area contributed by atoms with E-state index in [1.165, 1.54) is 77.0 Å². The van der Waals surface area contributed by atoms with Crippen molar-refractivity contribution < 1.29 is 0 Å². The van der Waals surface area contributed by atoms with Gasteiger partial charge in [0.05, 0.1) is 0 Å². The Hall–Kier alpha value is 0.960. The van der Waals surface area contributed by atoms with Gasteiger partial charge < -0.3 is 0 Å². The molecule has 0 fully saturated rings. The number of hydrogen-bond acceptors (Lipinski definition) is 0. The van der Waals surface area contributed by atoms with E-state index in [1.807, 2.05) is 0 Å². The lowest BCUT2D eigenvalue weighted by Gasteiger charge is -2.20. The van der Waals surface area contributed by atoms with Gasteiger partial charge in [0.2, 0.25) is 0 Å². The lowest BCUT2D eigenvalue weighted by molar-refractivity contribution is 0.456. The first-order valence-electron chi connectivity index (χ1n) is 8.46. The van der Waals surface area contributed by atoms with Gasteiger partial charge in [-0.1, -0.05) is 110 Å². The van der Waals surface area contributed by atoms with Gasteiger partial charge in [0.1, 0.15) is 0 Å². The zero-order valence-electron chi connectivity index (χ0n) is 13.1. The zero-order valence-corrected chi connectivity index (χ0v) is 16.3. The van der Waals surface area contributed by atoms with Crippen molar-refractivity contribution >= 4 is 31.9 Å². The van der Waals surface area contributed by atoms with Crippen LogP contribution in [0.1, 0.15) is 90.9 Å². The average molecular weight is 398 g/mol. The summed E-state index contributed by atoms with van der Waals surface area (Å²) in [4.78, 5) is 0.722. The Bertz CT molecular complexity index is 171. The molecule has 0 radical (unpaired) electrons. The van der Waals surface area contributed by atoms with Crippen molar-refractivity contribution in [3.05, 3.63) is 0 Å². The Morgan fingerprint density at radius 2 is 1.16 bits per heavy atom. The molecule has 0 heterocycles. The molecular weight excluding hydrogens is 364 g/mol. The van der Waals surface area contributed by atoms with Crippen molar-refractivity contribution in [3.63, 3.8) is 0 Å². The van der Waals surface area contributed by atoms with Gasteiger partial charge in [0, 0.05) is 10.2 Å². The fraction of sp³-hybridized carbons (Fsp3) is 1.00. The molecule has 2 unspecified atom stereocenters. The Kier molecular flexibility index (Phi) is 16.1. The quantitative estimate of drug-likeness (QED) is 0.210. The molecule has 0 amide bonds. The van der Waals surface area contributed by atoms with Crippen LogP contribution in [-0.4, -0.2) is 10.2 Å². The summed E-state index contributed by atoms with van der Waals surface area (Å²) in [7, 11) is 0. The monoisotopic (exact) mass is 396 g/mol. The molecule has 0 bridgehead atoms. The number of hydrogen-bond donors (Lipinski definition) is 0. The van der Waals surface area contributed by atoms with E-state index in [2.05, 4.69) is 45.7 Å². The van der Waals surface area contributed by atoms with Gasteiger partial charge in [-0.15, -0.1) is 0 Å². The maximum Gasteiger partial charge on any atom is 0.0182 e. The molecule has 0 aliphatic carbocycles. The molecule has 0 spiro atoms. The van der Waals surface area contributed by atoms with Gasteiger partial charge in [-0.2, -0.15) is 0 Å². The van der Waals surface area contributed by atoms with Gasteiger partial charge in [-0.3, -0.25) is 0 Å². The minimum atomic E-state index is 0.722. The maximum absolute atomic E-state index is 3.93. The number of unbranched alkanes of at least 4 members (excludes halogenated alkanes) is 8. The molecule has 0 aliphatic heterocycles. The second-order valence-corrected chi connectivity index (χ2v) is 7.66. The molecule has 0 aromatic heterocycles. The highest BCUT2D eigenvalue weighted by Crippen LogP contribution is 2.26. The standard InChI is InChI=1S/C17H34Br2/c1-3-5-7-9-11-13-16(15-18)17(19)14-12-10-8-6-4-2/h16-17H,3-15H2,1-2H3. The summed E-state index contributed by atoms with van der Waals surface area (Å²) in [6.07, 6.45) is 16.8. The van der Waals surface area contributed by atoms with Crippen LogP contribution in [0.15, 0.2) is 0 Å². The van der Waals surface area contributed by atoms with Crippen molar-refractivity contribution in [3.8, 4) is 0 Å². The molecule has 0 nitrogen and oxygen atoms in total. The van der Waals surface area contributed by atoms with Crippen LogP contribution in [0, 0.1) is 5.92 Å². The van der Waals surface area contributed by atoms with Crippen LogP contribution < -0.4 is 0 Å². The molecule has 0 saturated carbocycles. The zero-order chi connectivity index (χ0) is 14.3. The lowest BCUT2D eigenvalue weighted by atomic mass is 9.96. The fourth-order valence-corrected chi connectivity index (χ4v) is 4.59. The van der Waals surface area contributed by atoms with Crippen LogP contribution in [0.4, 0.5) is 0 Å². The highest BCUT2D eigenvalue weighted by Gasteiger charge is 2.16. The van der Waals surface area contributed by atoms with Crippen LogP contribution in [0.5, 0.6) is 0 Å². The van der Waals surface area contributed by atoms with Crippen LogP contribution in [0.25, 0.3) is 0 Å². The number of halogens is 2. The first kappa shape index (κ1) is 20.0. The van der Waals surface area contributed by atoms with Crippen LogP contribution in [0.3, 0.4) is 0 Å². The first-order chi connectivity index (χ1) is 9.26. The van der Waals surface area contributed by atoms with Crippen molar-refractivity contribution in [1.29, 1.82) is 0 Å². The third-order valence-corrected chi connectivity index (χ3v) is 6.01. The third-order valence-electron chi connectivity index (χ3n) is 3.97. The van der Waals surface area contributed by atoms with Crippen molar-refractivity contribution in [2.24, 2.45) is 5.92 Å². The third kappa shape index (κ3) is 12.4. The predicted octanol–water partition coefficient (Wildman–Crippen LogP) is 7.48. The predicted molar refractivity (Wildman–Crippen MR) is 96.8 cm³/mol. The summed E-state index contributed by atoms with van der Waals surface area (Å²) in [6.45, 7) is 4.57. The van der Waals surface area contributed by atoms with E-state index >= 15 is 0 Å². The van der Waals surface area contributed by atoms with Gasteiger partial charge in [-0.25, -0.2) is 0 Å². The largest absolute Gasteiger partial charge is 0.0925 e. The lowest BCUT2D eigenvalue weighted by Crippen LogP contribution is -2.16. The molecular formula is C17H34Br2. The fourth-order valence-electron chi connectivity index (χ4n) is 2.54. The molecule has 0 aromatic rings. The molecule has 2 atom stereocenters. The summed E-state index contributed by atoms with van der Waals surface area (Å²) in [5, 5.41) is 1.16. The van der Waals surface area contributed by atoms with E-state index in [-0.39, 0.29) is 0 Å². The van der Waals surface area contributed by atoms with E-state index < -0.39 is 0 Å². The summed E-state index contributed by atoms with van der Waals surface area (Å²) >= 11 is 7.63. The van der Waals surface area contributed by atoms with Crippen molar-refractivity contribution in [1.82, 2.24) is 0 Å². The molecule has 116 valence electrons. The molecule has 19 heavy (non-hydrogen) atoms. The van der Waals surface area contributed by atoms with Crippen LogP contribution >= 0.6 is 31.9 Å². The van der Waals surface area contributed by atoms with Crippen LogP contribution in [0.2, 0.25) is 0 Å². The van der Waals surface area contributed by atoms with Crippen molar-refractivity contribution in [2.45, 2.75) is 95.7 Å². The first-order valence-corrected chi connectivity index (χ1v) is 10.5. The summed E-state index contributed by atoms with van der Waals surface area (Å²) in [6, 6.07) is 0. The average Bonchev–Trinajstić information content (AvgIpc) is 2.42. The van der Waals surface area contributed by atoms with E-state index in [0.29, 0.717) is 0 Å². The van der Waals surface area contributed by atoms with Crippen molar-refractivity contribution in [2.75, 3.05) is 5.33 Å². The topological polar surface area (TPSA) is 0 Å². The van der Waals surface area contributed by atoms with E-state index in [1.54, 1.807) is 0 Å². The smallest absolute Gasteiger partial charge is 0.0182 e. The molecule has 0 N–H and O–H groups in total. The SMILES string of the molecule is CCCCCCCC(Br)C(CBr)CCCCCCC. The van der Waals surface area contributed by atoms with Gasteiger partial charge >= 0.3 is 0 Å². The Morgan fingerprint density at radius 3 is 1.63 bits per heavy atom. The molecule has 0 saturated heterocycles. The minimum Gasteiger partial charge on any atom is -0.0925 e. The highest BCUT2D eigenvalue weighted by atomic mass is 79.9. The molecule has 0 rings (SSSR count). The molecule has 2 heteroatoms. The number of rotatable bonds is 14. The summed E-state index contributed by atoms with van der Waals surface area (Å²) in [5.41, 5.74) is 0. The minimum absolute atomic E-state index is 0.722. The molecule has 0 aromatic carbocycles. The van der Waals surface area contributed by atoms with Gasteiger partial charge in [0.25, 0.3) is 0 Å². The Balaban J connectivity index is 3.57. The second kappa shape index (κ2) is 15.4. The Labute approximate surface area is 138 Å². The van der Waals surface area contributed by atoms with E-state index in [9.17, 15) is 0 Å². The van der Waals surface area contributed by atoms with Gasteiger partial charge in [-0.05, 0) is 18.8 Å². The Morgan fingerprint density at radius 1 is 0.684 bits per heavy atom. The second-order valence-electron chi connectivity index (χ2n) is 5.84.